The van der Waals surface area contributed by atoms with Gasteiger partial charge in [-0.15, -0.1) is 0 Å². The van der Waals surface area contributed by atoms with E-state index >= 15 is 0 Å². The van der Waals surface area contributed by atoms with E-state index in [1.165, 1.54) is 5.69 Å². The third-order valence-corrected chi connectivity index (χ3v) is 2.65. The Morgan fingerprint density at radius 2 is 1.58 bits per heavy atom. The second-order valence-electron chi connectivity index (χ2n) is 5.64. The minimum atomic E-state index is -0.963. The quantitative estimate of drug-likeness (QED) is 0.577. The maximum absolute atomic E-state index is 9.70. The maximum Gasteiger partial charge on any atom is 0.404 e. The van der Waals surface area contributed by atoms with Crippen molar-refractivity contribution >= 4 is 18.4 Å². The van der Waals surface area contributed by atoms with Gasteiger partial charge in [-0.3, -0.25) is 0 Å². The summed E-state index contributed by atoms with van der Waals surface area (Å²) in [5, 5.41) is 29.2. The fourth-order valence-electron chi connectivity index (χ4n) is 1.80. The Labute approximate surface area is 141 Å². The maximum atomic E-state index is 9.70. The lowest BCUT2D eigenvalue weighted by Gasteiger charge is -2.00. The molecule has 136 valence electrons. The molecule has 0 saturated carbocycles. The molecule has 1 aliphatic heterocycles. The second-order valence-corrected chi connectivity index (χ2v) is 5.64. The fraction of sp³-hybridized carbons (Fsp3) is 0.500. The molecule has 0 bridgehead atoms. The van der Waals surface area contributed by atoms with Crippen molar-refractivity contribution in [2.45, 2.75) is 52.8 Å². The fourth-order valence-corrected chi connectivity index (χ4v) is 1.80. The van der Waals surface area contributed by atoms with Crippen molar-refractivity contribution in [3.05, 3.63) is 29.6 Å². The molecular formula is C16H27N3O5. The van der Waals surface area contributed by atoms with E-state index in [9.17, 15) is 9.59 Å². The average Bonchev–Trinajstić information content (AvgIpc) is 2.98. The number of carboxylic acid groups (broad SMARTS) is 2. The molecule has 0 spiro atoms. The Hall–Kier alpha value is -2.48. The van der Waals surface area contributed by atoms with Crippen LogP contribution in [0, 0.1) is 0 Å². The van der Waals surface area contributed by atoms with Crippen LogP contribution >= 0.6 is 0 Å². The van der Waals surface area contributed by atoms with Crippen LogP contribution in [-0.4, -0.2) is 44.2 Å². The largest absolute Gasteiger partial charge is 0.465 e. The predicted octanol–water partition coefficient (Wildman–Crippen LogP) is 2.33. The van der Waals surface area contributed by atoms with Gasteiger partial charge in [-0.1, -0.05) is 6.08 Å². The zero-order valence-corrected chi connectivity index (χ0v) is 14.5. The number of hydrogen-bond donors (Lipinski definition) is 5. The lowest BCUT2D eigenvalue weighted by molar-refractivity contribution is 0.190. The van der Waals surface area contributed by atoms with Crippen LogP contribution in [0.15, 0.2) is 18.2 Å². The predicted molar refractivity (Wildman–Crippen MR) is 92.0 cm³/mol. The molecule has 1 aromatic rings. The highest BCUT2D eigenvalue weighted by molar-refractivity contribution is 5.64. The van der Waals surface area contributed by atoms with Crippen LogP contribution < -0.4 is 10.6 Å². The highest BCUT2D eigenvalue weighted by atomic mass is 16.4. The Morgan fingerprint density at radius 3 is 1.92 bits per heavy atom. The first-order valence-corrected chi connectivity index (χ1v) is 7.62. The standard InChI is InChI=1S/C8H9NO.2C4H9NO2/c10-6-8-4-3-7-2-1-5-9(7)8;2*1-3(2)5-4(6)7/h1,3-5,10H,2,6H2;2*3,5H,1-2H3,(H,6,7). The molecule has 1 aliphatic rings. The third kappa shape index (κ3) is 9.52. The zero-order chi connectivity index (χ0) is 18.7. The van der Waals surface area contributed by atoms with Crippen LogP contribution in [0.5, 0.6) is 0 Å². The first-order chi connectivity index (χ1) is 11.2. The van der Waals surface area contributed by atoms with Gasteiger partial charge in [0.2, 0.25) is 0 Å². The van der Waals surface area contributed by atoms with Gasteiger partial charge in [0.05, 0.1) is 6.61 Å². The van der Waals surface area contributed by atoms with Crippen molar-refractivity contribution in [2.75, 3.05) is 0 Å². The number of aliphatic hydroxyl groups is 1. The van der Waals surface area contributed by atoms with E-state index in [0.717, 1.165) is 12.1 Å². The highest BCUT2D eigenvalue weighted by Gasteiger charge is 2.07. The van der Waals surface area contributed by atoms with E-state index in [1.54, 1.807) is 27.7 Å². The first kappa shape index (κ1) is 21.5. The monoisotopic (exact) mass is 341 g/mol. The van der Waals surface area contributed by atoms with Gasteiger partial charge in [0.1, 0.15) is 0 Å². The summed E-state index contributed by atoms with van der Waals surface area (Å²) in [6.07, 6.45) is 3.17. The van der Waals surface area contributed by atoms with Crippen LogP contribution in [0.1, 0.15) is 39.1 Å². The molecule has 0 atom stereocenters. The summed E-state index contributed by atoms with van der Waals surface area (Å²) in [4.78, 5) is 19.4. The van der Waals surface area contributed by atoms with Crippen LogP contribution in [0.4, 0.5) is 9.59 Å². The second kappa shape index (κ2) is 11.1. The summed E-state index contributed by atoms with van der Waals surface area (Å²) < 4.78 is 2.03. The Kier molecular flexibility index (Phi) is 9.97. The van der Waals surface area contributed by atoms with E-state index in [2.05, 4.69) is 16.7 Å². The van der Waals surface area contributed by atoms with E-state index in [0.29, 0.717) is 0 Å². The van der Waals surface area contributed by atoms with E-state index in [-0.39, 0.29) is 18.7 Å². The Bertz CT molecular complexity index is 530. The lowest BCUT2D eigenvalue weighted by atomic mass is 10.3. The van der Waals surface area contributed by atoms with Crippen molar-refractivity contribution in [1.82, 2.24) is 15.2 Å². The van der Waals surface area contributed by atoms with Gasteiger partial charge in [-0.2, -0.15) is 0 Å². The molecule has 2 rings (SSSR count). The van der Waals surface area contributed by atoms with Crippen molar-refractivity contribution in [2.24, 2.45) is 0 Å². The van der Waals surface area contributed by atoms with Crippen LogP contribution in [0.25, 0.3) is 6.20 Å². The van der Waals surface area contributed by atoms with E-state index in [4.69, 9.17) is 15.3 Å². The number of allylic oxidation sites excluding steroid dienone is 1. The number of nitrogens with zero attached hydrogens (tertiary/aromatic N) is 1. The van der Waals surface area contributed by atoms with Gasteiger partial charge in [0.25, 0.3) is 0 Å². The molecule has 2 heterocycles. The minimum Gasteiger partial charge on any atom is -0.465 e. The minimum absolute atomic E-state index is 0.0255. The summed E-state index contributed by atoms with van der Waals surface area (Å²) >= 11 is 0. The molecule has 24 heavy (non-hydrogen) atoms. The molecule has 0 unspecified atom stereocenters. The van der Waals surface area contributed by atoms with Gasteiger partial charge >= 0.3 is 12.2 Å². The van der Waals surface area contributed by atoms with Gasteiger partial charge in [0, 0.05) is 36.1 Å². The molecule has 2 amide bonds. The van der Waals surface area contributed by atoms with Crippen molar-refractivity contribution in [3.63, 3.8) is 0 Å². The number of aliphatic hydroxyl groups excluding tert-OH is 1. The number of rotatable bonds is 3. The number of hydrogen-bond acceptors (Lipinski definition) is 3. The van der Waals surface area contributed by atoms with Crippen molar-refractivity contribution in [1.29, 1.82) is 0 Å². The normalized spacial score (nSPS) is 11.1. The molecule has 0 radical (unpaired) electrons. The molecule has 0 fully saturated rings. The Balaban J connectivity index is 0.000000343. The molecule has 1 aromatic heterocycles. The summed E-state index contributed by atoms with van der Waals surface area (Å²) in [5.74, 6) is 0. The molecular weight excluding hydrogens is 314 g/mol. The number of amides is 2. The van der Waals surface area contributed by atoms with Gasteiger partial charge in [0.15, 0.2) is 0 Å². The van der Waals surface area contributed by atoms with Crippen molar-refractivity contribution < 1.29 is 24.9 Å². The number of carbonyl (C=O) groups is 2. The van der Waals surface area contributed by atoms with E-state index in [1.807, 2.05) is 22.9 Å². The van der Waals surface area contributed by atoms with Crippen LogP contribution in [0.2, 0.25) is 0 Å². The third-order valence-electron chi connectivity index (χ3n) is 2.65. The number of nitrogens with one attached hydrogen (secondary N) is 2. The summed E-state index contributed by atoms with van der Waals surface area (Å²) in [7, 11) is 0. The number of aromatic nitrogens is 1. The van der Waals surface area contributed by atoms with Crippen molar-refractivity contribution in [3.8, 4) is 0 Å². The smallest absolute Gasteiger partial charge is 0.404 e. The SMILES string of the molecule is CC(C)NC(=O)O.CC(C)NC(=O)O.OCc1ccc2n1C=CC2. The summed E-state index contributed by atoms with van der Waals surface area (Å²) in [5.41, 5.74) is 2.24. The molecule has 0 saturated heterocycles. The first-order valence-electron chi connectivity index (χ1n) is 7.62. The Morgan fingerprint density at radius 1 is 1.08 bits per heavy atom. The van der Waals surface area contributed by atoms with Gasteiger partial charge in [-0.05, 0) is 39.8 Å². The summed E-state index contributed by atoms with van der Waals surface area (Å²) in [6, 6.07) is 4.06. The topological polar surface area (TPSA) is 124 Å². The molecule has 0 aromatic carbocycles. The summed E-state index contributed by atoms with van der Waals surface area (Å²) in [6.45, 7) is 7.22. The number of fused-ring (bicyclic) bond motifs is 1. The molecule has 5 N–H and O–H groups in total. The van der Waals surface area contributed by atoms with Gasteiger partial charge < -0.3 is 30.5 Å². The lowest BCUT2D eigenvalue weighted by Crippen LogP contribution is -2.27. The highest BCUT2D eigenvalue weighted by Crippen LogP contribution is 2.16. The average molecular weight is 341 g/mol. The van der Waals surface area contributed by atoms with Crippen LogP contribution in [-0.2, 0) is 13.0 Å². The molecule has 0 aliphatic carbocycles. The van der Waals surface area contributed by atoms with Gasteiger partial charge in [-0.25, -0.2) is 9.59 Å². The van der Waals surface area contributed by atoms with Crippen LogP contribution in [0.3, 0.4) is 0 Å². The zero-order valence-electron chi connectivity index (χ0n) is 14.5. The molecule has 8 nitrogen and oxygen atoms in total. The van der Waals surface area contributed by atoms with E-state index < -0.39 is 12.2 Å². The molecule has 8 heteroatoms.